The van der Waals surface area contributed by atoms with Crippen LogP contribution >= 0.6 is 0 Å². The van der Waals surface area contributed by atoms with Gasteiger partial charge in [-0.15, -0.1) is 0 Å². The number of carbonyl (C=O) groups excluding carboxylic acids is 1. The number of hydrogen-bond donors (Lipinski definition) is 1. The Kier molecular flexibility index (Phi) is 6.66. The van der Waals surface area contributed by atoms with E-state index >= 15 is 0 Å². The molecule has 0 fully saturated rings. The highest BCUT2D eigenvalue weighted by Crippen LogP contribution is 2.22. The van der Waals surface area contributed by atoms with E-state index in [9.17, 15) is 4.79 Å². The van der Waals surface area contributed by atoms with E-state index in [1.807, 2.05) is 42.5 Å². The van der Waals surface area contributed by atoms with Crippen LogP contribution in [0, 0.1) is 6.92 Å². The molecule has 0 aliphatic carbocycles. The Balaban J connectivity index is 1.34. The molecular formula is C27H27N3O2. The Morgan fingerprint density at radius 2 is 1.62 bits per heavy atom. The summed E-state index contributed by atoms with van der Waals surface area (Å²) in [4.78, 5) is 12.7. The van der Waals surface area contributed by atoms with Gasteiger partial charge in [-0.1, -0.05) is 79.2 Å². The van der Waals surface area contributed by atoms with Crippen molar-refractivity contribution in [3.05, 3.63) is 108 Å². The van der Waals surface area contributed by atoms with Crippen molar-refractivity contribution >= 4 is 5.91 Å². The lowest BCUT2D eigenvalue weighted by Crippen LogP contribution is -2.28. The van der Waals surface area contributed by atoms with Gasteiger partial charge >= 0.3 is 0 Å². The molecule has 4 rings (SSSR count). The van der Waals surface area contributed by atoms with Crippen LogP contribution in [0.1, 0.15) is 41.0 Å². The number of aryl methyl sites for hydroxylation is 1. The molecule has 1 unspecified atom stereocenters. The van der Waals surface area contributed by atoms with Crippen molar-refractivity contribution in [2.45, 2.75) is 33.0 Å². The van der Waals surface area contributed by atoms with Crippen molar-refractivity contribution in [3.63, 3.8) is 0 Å². The maximum Gasteiger partial charge on any atom is 0.272 e. The highest BCUT2D eigenvalue weighted by molar-refractivity contribution is 5.92. The fourth-order valence-electron chi connectivity index (χ4n) is 3.52. The topological polar surface area (TPSA) is 56.2 Å². The summed E-state index contributed by atoms with van der Waals surface area (Å²) in [7, 11) is 0. The molecule has 1 amide bonds. The molecule has 4 aromatic rings. The van der Waals surface area contributed by atoms with Gasteiger partial charge in [-0.3, -0.25) is 4.79 Å². The lowest BCUT2D eigenvalue weighted by atomic mass is 10.0. The summed E-state index contributed by atoms with van der Waals surface area (Å²) in [5.74, 6) is 0.556. The third-order valence-electron chi connectivity index (χ3n) is 5.39. The Hall–Kier alpha value is -3.86. The van der Waals surface area contributed by atoms with Gasteiger partial charge in [0.2, 0.25) is 0 Å². The number of rotatable bonds is 8. The van der Waals surface area contributed by atoms with Crippen LogP contribution in [0.4, 0.5) is 0 Å². The van der Waals surface area contributed by atoms with Crippen molar-refractivity contribution in [1.29, 1.82) is 0 Å². The minimum Gasteiger partial charge on any atom is -0.471 e. The van der Waals surface area contributed by atoms with E-state index in [0.29, 0.717) is 5.69 Å². The third kappa shape index (κ3) is 5.24. The average Bonchev–Trinajstić information content (AvgIpc) is 3.32. The van der Waals surface area contributed by atoms with E-state index < -0.39 is 0 Å². The molecule has 3 aromatic carbocycles. The minimum absolute atomic E-state index is 0.0485. The van der Waals surface area contributed by atoms with Gasteiger partial charge < -0.3 is 10.1 Å². The first-order chi connectivity index (χ1) is 15.6. The summed E-state index contributed by atoms with van der Waals surface area (Å²) in [6.45, 7) is 4.34. The van der Waals surface area contributed by atoms with Gasteiger partial charge in [0.1, 0.15) is 11.4 Å². The van der Waals surface area contributed by atoms with Gasteiger partial charge in [-0.2, -0.15) is 5.10 Å². The van der Waals surface area contributed by atoms with Gasteiger partial charge in [0, 0.05) is 6.20 Å². The molecular weight excluding hydrogens is 398 g/mol. The fourth-order valence-corrected chi connectivity index (χ4v) is 3.52. The molecule has 1 aromatic heterocycles. The summed E-state index contributed by atoms with van der Waals surface area (Å²) >= 11 is 0. The van der Waals surface area contributed by atoms with Crippen LogP contribution in [0.3, 0.4) is 0 Å². The molecule has 0 aliphatic heterocycles. The monoisotopic (exact) mass is 425 g/mol. The summed E-state index contributed by atoms with van der Waals surface area (Å²) in [6.07, 6.45) is 2.55. The Labute approximate surface area is 188 Å². The molecule has 0 saturated heterocycles. The lowest BCUT2D eigenvalue weighted by molar-refractivity contribution is 0.0928. The zero-order chi connectivity index (χ0) is 22.3. The molecule has 5 heteroatoms. The van der Waals surface area contributed by atoms with Gasteiger partial charge in [-0.25, -0.2) is 4.68 Å². The number of amides is 1. The Morgan fingerprint density at radius 3 is 2.31 bits per heavy atom. The van der Waals surface area contributed by atoms with E-state index in [1.165, 1.54) is 5.56 Å². The molecule has 1 N–H and O–H groups in total. The van der Waals surface area contributed by atoms with Gasteiger partial charge in [0.15, 0.2) is 6.73 Å². The summed E-state index contributed by atoms with van der Waals surface area (Å²) < 4.78 is 7.45. The second-order valence-corrected chi connectivity index (χ2v) is 7.75. The normalized spacial score (nSPS) is 11.7. The van der Waals surface area contributed by atoms with Gasteiger partial charge in [0.05, 0.1) is 6.04 Å². The van der Waals surface area contributed by atoms with Crippen LogP contribution in [0.5, 0.6) is 5.75 Å². The predicted octanol–water partition coefficient (Wildman–Crippen LogP) is 5.78. The SMILES string of the molecule is CCC(NC(=O)c1ccn(COc2ccc(-c3ccccc3)cc2)n1)c1ccc(C)cc1. The Bertz CT molecular complexity index is 1150. The first-order valence-corrected chi connectivity index (χ1v) is 10.8. The van der Waals surface area contributed by atoms with E-state index in [2.05, 4.69) is 60.7 Å². The standard InChI is InChI=1S/C27H27N3O2/c1-3-25(23-11-9-20(2)10-12-23)28-27(31)26-17-18-30(29-26)19-32-24-15-13-22(14-16-24)21-7-5-4-6-8-21/h4-18,25H,3,19H2,1-2H3,(H,28,31). The highest BCUT2D eigenvalue weighted by atomic mass is 16.5. The number of hydrogen-bond acceptors (Lipinski definition) is 3. The summed E-state index contributed by atoms with van der Waals surface area (Å²) in [5.41, 5.74) is 4.96. The molecule has 162 valence electrons. The predicted molar refractivity (Wildman–Crippen MR) is 126 cm³/mol. The molecule has 1 atom stereocenters. The van der Waals surface area contributed by atoms with Crippen molar-refractivity contribution in [3.8, 4) is 16.9 Å². The molecule has 1 heterocycles. The van der Waals surface area contributed by atoms with Gasteiger partial charge in [-0.05, 0) is 48.2 Å². The molecule has 0 saturated carbocycles. The van der Waals surface area contributed by atoms with E-state index in [4.69, 9.17) is 4.74 Å². The second-order valence-electron chi connectivity index (χ2n) is 7.75. The van der Waals surface area contributed by atoms with Crippen LogP contribution in [-0.4, -0.2) is 15.7 Å². The zero-order valence-corrected chi connectivity index (χ0v) is 18.4. The number of benzene rings is 3. The van der Waals surface area contributed by atoms with Crippen LogP contribution in [0.2, 0.25) is 0 Å². The molecule has 0 radical (unpaired) electrons. The number of carbonyl (C=O) groups is 1. The fraction of sp³-hybridized carbons (Fsp3) is 0.185. The van der Waals surface area contributed by atoms with Crippen molar-refractivity contribution < 1.29 is 9.53 Å². The maximum absolute atomic E-state index is 12.7. The average molecular weight is 426 g/mol. The molecule has 0 spiro atoms. The van der Waals surface area contributed by atoms with Crippen LogP contribution < -0.4 is 10.1 Å². The molecule has 5 nitrogen and oxygen atoms in total. The first kappa shape index (κ1) is 21.4. The zero-order valence-electron chi connectivity index (χ0n) is 18.4. The van der Waals surface area contributed by atoms with E-state index in [-0.39, 0.29) is 18.7 Å². The first-order valence-electron chi connectivity index (χ1n) is 10.8. The number of aromatic nitrogens is 2. The second kappa shape index (κ2) is 9.96. The summed E-state index contributed by atoms with van der Waals surface area (Å²) in [6, 6.07) is 28.0. The van der Waals surface area contributed by atoms with Crippen molar-refractivity contribution in [1.82, 2.24) is 15.1 Å². The molecule has 0 bridgehead atoms. The third-order valence-corrected chi connectivity index (χ3v) is 5.39. The van der Waals surface area contributed by atoms with Crippen LogP contribution in [-0.2, 0) is 6.73 Å². The van der Waals surface area contributed by atoms with Crippen LogP contribution in [0.15, 0.2) is 91.1 Å². The lowest BCUT2D eigenvalue weighted by Gasteiger charge is -2.17. The minimum atomic E-state index is -0.191. The highest BCUT2D eigenvalue weighted by Gasteiger charge is 2.16. The number of nitrogens with one attached hydrogen (secondary N) is 1. The molecule has 0 aliphatic rings. The smallest absolute Gasteiger partial charge is 0.272 e. The van der Waals surface area contributed by atoms with Gasteiger partial charge in [0.25, 0.3) is 5.91 Å². The van der Waals surface area contributed by atoms with Crippen LogP contribution in [0.25, 0.3) is 11.1 Å². The quantitative estimate of drug-likeness (QED) is 0.389. The Morgan fingerprint density at radius 1 is 0.938 bits per heavy atom. The largest absolute Gasteiger partial charge is 0.471 e. The van der Waals surface area contributed by atoms with Crippen molar-refractivity contribution in [2.24, 2.45) is 0 Å². The summed E-state index contributed by atoms with van der Waals surface area (Å²) in [5, 5.41) is 7.44. The molecule has 32 heavy (non-hydrogen) atoms. The van der Waals surface area contributed by atoms with Crippen molar-refractivity contribution in [2.75, 3.05) is 0 Å². The maximum atomic E-state index is 12.7. The number of ether oxygens (including phenoxy) is 1. The van der Waals surface area contributed by atoms with E-state index in [1.54, 1.807) is 16.9 Å². The number of nitrogens with zero attached hydrogens (tertiary/aromatic N) is 2. The van der Waals surface area contributed by atoms with E-state index in [0.717, 1.165) is 28.9 Å².